The highest BCUT2D eigenvalue weighted by molar-refractivity contribution is 7.99. The van der Waals surface area contributed by atoms with Crippen LogP contribution < -0.4 is 10.9 Å². The van der Waals surface area contributed by atoms with E-state index in [0.29, 0.717) is 18.1 Å². The number of rotatable bonds is 6. The summed E-state index contributed by atoms with van der Waals surface area (Å²) in [5, 5.41) is 9.12. The zero-order chi connectivity index (χ0) is 18.6. The smallest absolute Gasteiger partial charge is 0.433 e. The molecule has 0 radical (unpaired) electrons. The van der Waals surface area contributed by atoms with Gasteiger partial charge in [0.2, 0.25) is 0 Å². The summed E-state index contributed by atoms with van der Waals surface area (Å²) in [4.78, 5) is 19.3. The van der Waals surface area contributed by atoms with Crippen molar-refractivity contribution in [2.75, 3.05) is 16.6 Å². The van der Waals surface area contributed by atoms with Crippen LogP contribution in [0.5, 0.6) is 0 Å². The number of hydrogen-bond donors (Lipinski definition) is 3. The Morgan fingerprint density at radius 3 is 2.56 bits per heavy atom. The lowest BCUT2D eigenvalue weighted by molar-refractivity contribution is -0.141. The first-order valence-electron chi connectivity index (χ1n) is 7.14. The molecular formula is C15H15F3N4O2S. The third kappa shape index (κ3) is 4.75. The number of nitrogens with one attached hydrogen (secondary N) is 2. The summed E-state index contributed by atoms with van der Waals surface area (Å²) in [6.45, 7) is 3.82. The monoisotopic (exact) mass is 372 g/mol. The summed E-state index contributed by atoms with van der Waals surface area (Å²) >= 11 is 1.50. The number of hydrogen-bond acceptors (Lipinski definition) is 6. The normalized spacial score (nSPS) is 11.2. The van der Waals surface area contributed by atoms with Crippen molar-refractivity contribution in [3.05, 3.63) is 41.3 Å². The molecule has 2 aromatic heterocycles. The molecule has 2 heterocycles. The van der Waals surface area contributed by atoms with Crippen LogP contribution in [0, 0.1) is 6.92 Å². The van der Waals surface area contributed by atoms with E-state index in [1.165, 1.54) is 11.8 Å². The average molecular weight is 372 g/mol. The fraction of sp³-hybridized carbons (Fsp3) is 0.267. The molecule has 0 bridgehead atoms. The van der Waals surface area contributed by atoms with Gasteiger partial charge < -0.3 is 5.11 Å². The number of anilines is 2. The van der Waals surface area contributed by atoms with Gasteiger partial charge in [0.05, 0.1) is 10.6 Å². The summed E-state index contributed by atoms with van der Waals surface area (Å²) in [6, 6.07) is 2.51. The van der Waals surface area contributed by atoms with Crippen LogP contribution in [0.15, 0.2) is 29.4 Å². The highest BCUT2D eigenvalue weighted by atomic mass is 32.2. The predicted octanol–water partition coefficient (Wildman–Crippen LogP) is 4.05. The first kappa shape index (κ1) is 18.8. The van der Waals surface area contributed by atoms with Crippen LogP contribution in [-0.2, 0) is 6.18 Å². The van der Waals surface area contributed by atoms with Crippen molar-refractivity contribution in [3.8, 4) is 0 Å². The first-order valence-corrected chi connectivity index (χ1v) is 8.13. The number of aryl methyl sites for hydroxylation is 1. The van der Waals surface area contributed by atoms with Crippen LogP contribution >= 0.6 is 11.8 Å². The fourth-order valence-corrected chi connectivity index (χ4v) is 2.73. The molecule has 3 N–H and O–H groups in total. The molecule has 10 heteroatoms. The summed E-state index contributed by atoms with van der Waals surface area (Å²) in [5.41, 5.74) is 4.25. The van der Waals surface area contributed by atoms with Gasteiger partial charge in [0, 0.05) is 12.4 Å². The Labute approximate surface area is 145 Å². The molecule has 0 saturated heterocycles. The van der Waals surface area contributed by atoms with E-state index in [1.807, 2.05) is 19.9 Å². The molecule has 134 valence electrons. The van der Waals surface area contributed by atoms with Crippen LogP contribution in [0.1, 0.15) is 28.5 Å². The van der Waals surface area contributed by atoms with E-state index in [2.05, 4.69) is 20.8 Å². The number of aromatic nitrogens is 2. The molecule has 0 spiro atoms. The lowest BCUT2D eigenvalue weighted by Gasteiger charge is -2.15. The number of carboxylic acids is 1. The molecule has 0 fully saturated rings. The molecule has 2 rings (SSSR count). The maximum absolute atomic E-state index is 12.8. The van der Waals surface area contributed by atoms with Gasteiger partial charge in [-0.1, -0.05) is 6.92 Å². The van der Waals surface area contributed by atoms with Gasteiger partial charge in [-0.15, -0.1) is 11.8 Å². The van der Waals surface area contributed by atoms with Gasteiger partial charge in [-0.05, 0) is 30.4 Å². The van der Waals surface area contributed by atoms with Crippen LogP contribution in [0.4, 0.5) is 24.7 Å². The molecule has 0 aliphatic carbocycles. The molecule has 2 aromatic rings. The van der Waals surface area contributed by atoms with Crippen molar-refractivity contribution in [1.82, 2.24) is 9.97 Å². The fourth-order valence-electron chi connectivity index (χ4n) is 1.91. The minimum atomic E-state index is -4.68. The maximum atomic E-state index is 12.8. The molecule has 0 aliphatic heterocycles. The number of aromatic carboxylic acids is 1. The van der Waals surface area contributed by atoms with Crippen LogP contribution in [0.2, 0.25) is 0 Å². The Hall–Kier alpha value is -2.49. The second-order valence-corrected chi connectivity index (χ2v) is 6.27. The summed E-state index contributed by atoms with van der Waals surface area (Å²) in [7, 11) is 0. The number of alkyl halides is 3. The molecule has 6 nitrogen and oxygen atoms in total. The van der Waals surface area contributed by atoms with Crippen molar-refractivity contribution in [2.45, 2.75) is 24.9 Å². The highest BCUT2D eigenvalue weighted by Gasteiger charge is 2.33. The third-order valence-electron chi connectivity index (χ3n) is 3.03. The van der Waals surface area contributed by atoms with Gasteiger partial charge in [-0.2, -0.15) is 13.2 Å². The van der Waals surface area contributed by atoms with Gasteiger partial charge >= 0.3 is 12.1 Å². The quantitative estimate of drug-likeness (QED) is 0.521. The third-order valence-corrected chi connectivity index (χ3v) is 3.94. The van der Waals surface area contributed by atoms with Gasteiger partial charge in [0.25, 0.3) is 0 Å². The standard InChI is InChI=1S/C15H15F3N4O2S/c1-3-25-11-4-8(2)6-20-13(11)22-21-10-5-12(15(16,17)18)19-7-9(10)14(23)24/h4-7H,3H2,1-2H3,(H,19,21)(H,20,22)(H,23,24). The molecule has 0 aliphatic rings. The SMILES string of the molecule is CCSc1cc(C)cnc1NNc1cc(C(F)(F)F)ncc1C(=O)O. The number of carbonyl (C=O) groups is 1. The van der Waals surface area contributed by atoms with Crippen molar-refractivity contribution in [2.24, 2.45) is 0 Å². The first-order chi connectivity index (χ1) is 11.7. The number of thioether (sulfide) groups is 1. The zero-order valence-electron chi connectivity index (χ0n) is 13.3. The topological polar surface area (TPSA) is 87.1 Å². The summed E-state index contributed by atoms with van der Waals surface area (Å²) in [5.74, 6) is -0.238. The van der Waals surface area contributed by atoms with Crippen molar-refractivity contribution in [1.29, 1.82) is 0 Å². The second kappa shape index (κ2) is 7.60. The Bertz CT molecular complexity index is 784. The van der Waals surface area contributed by atoms with Crippen LogP contribution in [0.3, 0.4) is 0 Å². The number of pyridine rings is 2. The molecule has 0 aromatic carbocycles. The van der Waals surface area contributed by atoms with Crippen molar-refractivity contribution in [3.63, 3.8) is 0 Å². The predicted molar refractivity (Wildman–Crippen MR) is 88.8 cm³/mol. The Morgan fingerprint density at radius 1 is 1.24 bits per heavy atom. The summed E-state index contributed by atoms with van der Waals surface area (Å²) in [6.07, 6.45) is -2.42. The Kier molecular flexibility index (Phi) is 5.73. The molecule has 0 atom stereocenters. The number of halogens is 3. The molecule has 0 amide bonds. The molecule has 0 saturated carbocycles. The van der Waals surface area contributed by atoms with E-state index in [4.69, 9.17) is 5.11 Å². The van der Waals surface area contributed by atoms with Gasteiger partial charge in [0.1, 0.15) is 11.3 Å². The Balaban J connectivity index is 2.32. The van der Waals surface area contributed by atoms with Gasteiger partial charge in [0.15, 0.2) is 5.82 Å². The minimum absolute atomic E-state index is 0.260. The van der Waals surface area contributed by atoms with Crippen LogP contribution in [0.25, 0.3) is 0 Å². The lowest BCUT2D eigenvalue weighted by Crippen LogP contribution is -2.17. The number of nitrogens with zero attached hydrogens (tertiary/aromatic N) is 2. The average Bonchev–Trinajstić information content (AvgIpc) is 2.53. The molecular weight excluding hydrogens is 357 g/mol. The summed E-state index contributed by atoms with van der Waals surface area (Å²) < 4.78 is 38.4. The lowest BCUT2D eigenvalue weighted by atomic mass is 10.2. The van der Waals surface area contributed by atoms with E-state index in [0.717, 1.165) is 16.2 Å². The van der Waals surface area contributed by atoms with Gasteiger partial charge in [-0.25, -0.2) is 9.78 Å². The number of carboxylic acid groups (broad SMARTS) is 1. The maximum Gasteiger partial charge on any atom is 0.433 e. The van der Waals surface area contributed by atoms with E-state index in [-0.39, 0.29) is 5.69 Å². The zero-order valence-corrected chi connectivity index (χ0v) is 14.1. The van der Waals surface area contributed by atoms with E-state index >= 15 is 0 Å². The highest BCUT2D eigenvalue weighted by Crippen LogP contribution is 2.31. The van der Waals surface area contributed by atoms with E-state index < -0.39 is 23.4 Å². The second-order valence-electron chi connectivity index (χ2n) is 4.96. The Morgan fingerprint density at radius 2 is 1.96 bits per heavy atom. The molecule has 25 heavy (non-hydrogen) atoms. The van der Waals surface area contributed by atoms with Crippen molar-refractivity contribution >= 4 is 29.2 Å². The van der Waals surface area contributed by atoms with E-state index in [9.17, 15) is 18.0 Å². The van der Waals surface area contributed by atoms with E-state index in [1.54, 1.807) is 6.20 Å². The number of hydrazine groups is 1. The van der Waals surface area contributed by atoms with Crippen LogP contribution in [-0.4, -0.2) is 26.8 Å². The van der Waals surface area contributed by atoms with Crippen molar-refractivity contribution < 1.29 is 23.1 Å². The minimum Gasteiger partial charge on any atom is -0.478 e. The largest absolute Gasteiger partial charge is 0.478 e. The molecule has 0 unspecified atom stereocenters. The van der Waals surface area contributed by atoms with Gasteiger partial charge in [-0.3, -0.25) is 15.8 Å².